The predicted octanol–water partition coefficient (Wildman–Crippen LogP) is 6.30. The van der Waals surface area contributed by atoms with Crippen molar-refractivity contribution in [1.82, 2.24) is 15.6 Å². The van der Waals surface area contributed by atoms with Crippen LogP contribution in [0.3, 0.4) is 0 Å². The van der Waals surface area contributed by atoms with Crippen LogP contribution < -0.4 is 16.1 Å². The van der Waals surface area contributed by atoms with Crippen molar-refractivity contribution < 1.29 is 36.8 Å². The summed E-state index contributed by atoms with van der Waals surface area (Å²) >= 11 is 0. The van der Waals surface area contributed by atoms with Gasteiger partial charge in [0.05, 0.1) is 24.8 Å². The molecule has 2 amide bonds. The maximum Gasteiger partial charge on any atom is 0.416 e. The van der Waals surface area contributed by atoms with E-state index < -0.39 is 36.6 Å². The number of hydrogen-bond acceptors (Lipinski definition) is 6. The highest BCUT2D eigenvalue weighted by atomic mass is 31.2. The van der Waals surface area contributed by atoms with E-state index in [2.05, 4.69) is 15.6 Å². The Kier molecular flexibility index (Phi) is 9.66. The molecule has 2 aromatic carbocycles. The van der Waals surface area contributed by atoms with Gasteiger partial charge in [0.25, 0.3) is 5.91 Å². The first-order chi connectivity index (χ1) is 20.1. The van der Waals surface area contributed by atoms with E-state index >= 15 is 0 Å². The topological polar surface area (TPSA) is 107 Å². The van der Waals surface area contributed by atoms with Crippen molar-refractivity contribution in [3.05, 3.63) is 83.0 Å². The number of halogens is 3. The van der Waals surface area contributed by atoms with Gasteiger partial charge in [0.15, 0.2) is 0 Å². The smallest absolute Gasteiger partial charge is 0.416 e. The molecule has 0 spiro atoms. The highest BCUT2D eigenvalue weighted by molar-refractivity contribution is 7.71. The summed E-state index contributed by atoms with van der Waals surface area (Å²) in [6, 6.07) is 12.9. The van der Waals surface area contributed by atoms with Gasteiger partial charge in [-0.1, -0.05) is 30.3 Å². The molecule has 1 aliphatic heterocycles. The van der Waals surface area contributed by atoms with E-state index in [0.717, 1.165) is 17.7 Å². The molecule has 1 aliphatic rings. The second-order valence-corrected chi connectivity index (χ2v) is 14.5. The highest BCUT2D eigenvalue weighted by Gasteiger charge is 2.32. The Hall–Kier alpha value is -3.69. The highest BCUT2D eigenvalue weighted by Crippen LogP contribution is 2.45. The van der Waals surface area contributed by atoms with Crippen molar-refractivity contribution >= 4 is 24.6 Å². The van der Waals surface area contributed by atoms with E-state index in [1.807, 2.05) is 0 Å². The molecular formula is C31H35F3N3O5P. The van der Waals surface area contributed by atoms with Crippen molar-refractivity contribution in [1.29, 1.82) is 0 Å². The van der Waals surface area contributed by atoms with Crippen LogP contribution in [-0.4, -0.2) is 48.1 Å². The van der Waals surface area contributed by atoms with Crippen molar-refractivity contribution in [2.45, 2.75) is 52.1 Å². The molecule has 0 bridgehead atoms. The minimum Gasteiger partial charge on any atom is -0.444 e. The second-order valence-electron chi connectivity index (χ2n) is 11.4. The SMILES string of the molecule is C[C@@H](NC(=O)c1ccnc(P2(=O)CCOCC2)c1)c1ccc(-c2cc(C(F)(F)F)ccc2CNC(=O)OC(C)(C)C)cc1. The zero-order valence-electron chi connectivity index (χ0n) is 24.5. The summed E-state index contributed by atoms with van der Waals surface area (Å²) in [6.07, 6.45) is -2.98. The number of hydrogen-bond donors (Lipinski definition) is 2. The maximum absolute atomic E-state index is 13.5. The Labute approximate surface area is 248 Å². The first kappa shape index (κ1) is 32.2. The third-order valence-electron chi connectivity index (χ3n) is 6.95. The number of aromatic nitrogens is 1. The Morgan fingerprint density at radius 3 is 2.33 bits per heavy atom. The summed E-state index contributed by atoms with van der Waals surface area (Å²) in [5, 5.41) is 5.51. The zero-order chi connectivity index (χ0) is 31.4. The van der Waals surface area contributed by atoms with Crippen LogP contribution in [0.5, 0.6) is 0 Å². The van der Waals surface area contributed by atoms with Gasteiger partial charge in [0.1, 0.15) is 18.2 Å². The summed E-state index contributed by atoms with van der Waals surface area (Å²) < 4.78 is 64.5. The van der Waals surface area contributed by atoms with Crippen LogP contribution in [0.2, 0.25) is 0 Å². The molecule has 0 saturated carbocycles. The van der Waals surface area contributed by atoms with E-state index in [4.69, 9.17) is 9.47 Å². The molecule has 1 saturated heterocycles. The summed E-state index contributed by atoms with van der Waals surface area (Å²) in [6.45, 7) is 7.68. The fourth-order valence-corrected chi connectivity index (χ4v) is 6.80. The molecular weight excluding hydrogens is 582 g/mol. The maximum atomic E-state index is 13.5. The summed E-state index contributed by atoms with van der Waals surface area (Å²) in [7, 11) is -2.71. The summed E-state index contributed by atoms with van der Waals surface area (Å²) in [4.78, 5) is 29.5. The zero-order valence-corrected chi connectivity index (χ0v) is 25.4. The van der Waals surface area contributed by atoms with Crippen LogP contribution in [0.25, 0.3) is 11.1 Å². The lowest BCUT2D eigenvalue weighted by atomic mass is 9.95. The van der Waals surface area contributed by atoms with Crippen molar-refractivity contribution in [3.8, 4) is 11.1 Å². The normalized spacial score (nSPS) is 15.8. The first-order valence-electron chi connectivity index (χ1n) is 13.9. The molecule has 4 rings (SSSR count). The Morgan fingerprint density at radius 1 is 1.02 bits per heavy atom. The number of nitrogens with one attached hydrogen (secondary N) is 2. The molecule has 1 aromatic heterocycles. The van der Waals surface area contributed by atoms with E-state index in [9.17, 15) is 27.3 Å². The number of carbonyl (C=O) groups excluding carboxylic acids is 2. The number of nitrogens with zero attached hydrogens (tertiary/aromatic N) is 1. The van der Waals surface area contributed by atoms with Crippen molar-refractivity contribution in [2.75, 3.05) is 25.5 Å². The van der Waals surface area contributed by atoms with Gasteiger partial charge in [-0.3, -0.25) is 9.78 Å². The number of alkyl carbamates (subject to hydrolysis) is 1. The van der Waals surface area contributed by atoms with Gasteiger partial charge in [-0.05, 0) is 74.2 Å². The molecule has 2 N–H and O–H groups in total. The Balaban J connectivity index is 1.51. The van der Waals surface area contributed by atoms with Gasteiger partial charge in [-0.2, -0.15) is 13.2 Å². The lowest BCUT2D eigenvalue weighted by Gasteiger charge is -2.23. The third kappa shape index (κ3) is 8.45. The number of benzene rings is 2. The minimum atomic E-state index is -4.55. The van der Waals surface area contributed by atoms with E-state index in [0.29, 0.717) is 53.2 Å². The molecule has 1 atom stereocenters. The number of carbonyl (C=O) groups is 2. The number of alkyl halides is 3. The molecule has 12 heteroatoms. The van der Waals surface area contributed by atoms with Crippen LogP contribution in [0.15, 0.2) is 60.8 Å². The molecule has 3 aromatic rings. The van der Waals surface area contributed by atoms with Gasteiger partial charge in [-0.15, -0.1) is 0 Å². The Morgan fingerprint density at radius 2 is 1.70 bits per heavy atom. The van der Waals surface area contributed by atoms with E-state index in [-0.39, 0.29) is 12.5 Å². The Bertz CT molecular complexity index is 1510. The summed E-state index contributed by atoms with van der Waals surface area (Å²) in [5.74, 6) is -0.367. The van der Waals surface area contributed by atoms with Crippen LogP contribution in [0.1, 0.15) is 60.8 Å². The van der Waals surface area contributed by atoms with Crippen molar-refractivity contribution in [3.63, 3.8) is 0 Å². The van der Waals surface area contributed by atoms with Crippen LogP contribution >= 0.6 is 7.14 Å². The average molecular weight is 618 g/mol. The minimum absolute atomic E-state index is 0.0372. The number of ether oxygens (including phenoxy) is 2. The predicted molar refractivity (Wildman–Crippen MR) is 158 cm³/mol. The molecule has 1 fully saturated rings. The van der Waals surface area contributed by atoms with Gasteiger partial charge in [0.2, 0.25) is 0 Å². The fourth-order valence-electron chi connectivity index (χ4n) is 4.62. The molecule has 0 unspecified atom stereocenters. The quantitative estimate of drug-likeness (QED) is 0.302. The lowest BCUT2D eigenvalue weighted by Crippen LogP contribution is -2.32. The molecule has 2 heterocycles. The van der Waals surface area contributed by atoms with Crippen molar-refractivity contribution in [2.24, 2.45) is 0 Å². The molecule has 43 heavy (non-hydrogen) atoms. The van der Waals surface area contributed by atoms with E-state index in [1.165, 1.54) is 12.3 Å². The van der Waals surface area contributed by atoms with E-state index in [1.54, 1.807) is 64.1 Å². The number of amides is 2. The van der Waals surface area contributed by atoms with Gasteiger partial charge < -0.3 is 24.7 Å². The number of rotatable bonds is 7. The standard InChI is InChI=1S/C31H35F3N3O5P/c1-20(37-28(38)23-11-12-35-27(17-23)43(40)15-13-41-14-16-43)21-5-7-22(8-6-21)26-18-25(31(32,33)34)10-9-24(26)19-36-29(39)42-30(2,3)4/h5-12,17-18,20H,13-16,19H2,1-4H3,(H,36,39)(H,37,38)/t20-/m1/s1. The molecule has 8 nitrogen and oxygen atoms in total. The average Bonchev–Trinajstić information content (AvgIpc) is 2.95. The van der Waals surface area contributed by atoms with Crippen LogP contribution in [0.4, 0.5) is 18.0 Å². The van der Waals surface area contributed by atoms with Gasteiger partial charge in [0, 0.05) is 30.6 Å². The third-order valence-corrected chi connectivity index (χ3v) is 9.84. The largest absolute Gasteiger partial charge is 0.444 e. The number of pyridine rings is 1. The van der Waals surface area contributed by atoms with Crippen LogP contribution in [-0.2, 0) is 26.8 Å². The lowest BCUT2D eigenvalue weighted by molar-refractivity contribution is -0.137. The van der Waals surface area contributed by atoms with Gasteiger partial charge in [-0.25, -0.2) is 4.79 Å². The molecule has 0 radical (unpaired) electrons. The molecule has 0 aliphatic carbocycles. The second kappa shape index (κ2) is 12.9. The fraction of sp³-hybridized carbons (Fsp3) is 0.387. The molecule has 230 valence electrons. The summed E-state index contributed by atoms with van der Waals surface area (Å²) in [5.41, 5.74) is 1.23. The first-order valence-corrected chi connectivity index (χ1v) is 15.9. The monoisotopic (exact) mass is 617 g/mol. The van der Waals surface area contributed by atoms with Crippen LogP contribution in [0, 0.1) is 0 Å². The van der Waals surface area contributed by atoms with Gasteiger partial charge >= 0.3 is 12.3 Å².